The van der Waals surface area contributed by atoms with Gasteiger partial charge in [0.05, 0.1) is 6.54 Å². The molecule has 0 bridgehead atoms. The molecule has 0 aromatic heterocycles. The van der Waals surface area contributed by atoms with Crippen molar-refractivity contribution in [2.75, 3.05) is 19.7 Å². The number of benzene rings is 2. The number of nitrogens with one attached hydrogen (secondary N) is 3. The van der Waals surface area contributed by atoms with Gasteiger partial charge < -0.3 is 25.4 Å². The third-order valence-corrected chi connectivity index (χ3v) is 4.04. The summed E-state index contributed by atoms with van der Waals surface area (Å²) in [6, 6.07) is 13.9. The molecule has 1 amide bonds. The van der Waals surface area contributed by atoms with Gasteiger partial charge in [0.2, 0.25) is 0 Å². The van der Waals surface area contributed by atoms with Crippen molar-refractivity contribution >= 4 is 11.9 Å². The number of carbonyl (C=O) groups excluding carboxylic acids is 1. The summed E-state index contributed by atoms with van der Waals surface area (Å²) in [5.74, 6) is 1.05. The van der Waals surface area contributed by atoms with Crippen molar-refractivity contribution in [3.05, 3.63) is 59.7 Å². The number of nitrogens with zero attached hydrogens (tertiary/aromatic N) is 1. The van der Waals surface area contributed by atoms with Crippen LogP contribution in [0, 0.1) is 0 Å². The van der Waals surface area contributed by atoms with Gasteiger partial charge in [-0.2, -0.15) is 8.78 Å². The summed E-state index contributed by atoms with van der Waals surface area (Å²) < 4.78 is 35.2. The van der Waals surface area contributed by atoms with Crippen LogP contribution in [-0.4, -0.2) is 38.2 Å². The summed E-state index contributed by atoms with van der Waals surface area (Å²) in [6.07, 6.45) is 0. The highest BCUT2D eigenvalue weighted by molar-refractivity contribution is 5.79. The number of likely N-dealkylation sites (N-methyl/N-ethyl adjacent to an activating group) is 1. The van der Waals surface area contributed by atoms with Crippen molar-refractivity contribution in [3.8, 4) is 11.5 Å². The average Bonchev–Trinajstić information content (AvgIpc) is 2.75. The molecule has 0 aliphatic rings. The molecule has 2 aromatic carbocycles. The Labute approximate surface area is 180 Å². The normalized spacial score (nSPS) is 11.2. The van der Waals surface area contributed by atoms with Gasteiger partial charge in [-0.15, -0.1) is 0 Å². The van der Waals surface area contributed by atoms with Crippen LogP contribution in [0.2, 0.25) is 0 Å². The van der Waals surface area contributed by atoms with Crippen molar-refractivity contribution in [2.45, 2.75) is 33.5 Å². The fraction of sp³-hybridized carbons (Fsp3) is 0.364. The van der Waals surface area contributed by atoms with Crippen LogP contribution in [0.1, 0.15) is 25.0 Å². The molecule has 31 heavy (non-hydrogen) atoms. The van der Waals surface area contributed by atoms with Gasteiger partial charge in [0.25, 0.3) is 5.91 Å². The zero-order chi connectivity index (χ0) is 22.5. The molecule has 0 radical (unpaired) electrons. The number of ether oxygens (including phenoxy) is 2. The lowest BCUT2D eigenvalue weighted by atomic mass is 10.2. The van der Waals surface area contributed by atoms with E-state index in [1.165, 1.54) is 6.07 Å². The standard InChI is InChI=1S/C22H28F2N4O3/c1-3-25-20(29)15-30-18-10-7-8-16(12-18)13-27-22(26-4-2)28-14-17-9-5-6-11-19(17)31-21(23)24/h5-12,21H,3-4,13-15H2,1-2H3,(H,25,29)(H2,26,27,28). The minimum absolute atomic E-state index is 0.0507. The molecular weight excluding hydrogens is 406 g/mol. The Hall–Kier alpha value is -3.36. The monoisotopic (exact) mass is 434 g/mol. The predicted octanol–water partition coefficient (Wildman–Crippen LogP) is 3.06. The van der Waals surface area contributed by atoms with Crippen LogP contribution in [0.4, 0.5) is 8.78 Å². The second-order valence-corrected chi connectivity index (χ2v) is 6.42. The lowest BCUT2D eigenvalue weighted by molar-refractivity contribution is -0.122. The number of carbonyl (C=O) groups is 1. The third-order valence-electron chi connectivity index (χ3n) is 4.04. The Morgan fingerprint density at radius 3 is 2.55 bits per heavy atom. The summed E-state index contributed by atoms with van der Waals surface area (Å²) in [4.78, 5) is 16.1. The topological polar surface area (TPSA) is 84.0 Å². The molecule has 0 unspecified atom stereocenters. The molecule has 3 N–H and O–H groups in total. The number of halogens is 2. The number of aliphatic imine (C=N–C) groups is 1. The predicted molar refractivity (Wildman–Crippen MR) is 115 cm³/mol. The van der Waals surface area contributed by atoms with Gasteiger partial charge in [-0.05, 0) is 37.6 Å². The summed E-state index contributed by atoms with van der Waals surface area (Å²) in [7, 11) is 0. The van der Waals surface area contributed by atoms with Crippen molar-refractivity contribution in [3.63, 3.8) is 0 Å². The molecule has 2 aromatic rings. The van der Waals surface area contributed by atoms with Gasteiger partial charge in [0.15, 0.2) is 12.6 Å². The van der Waals surface area contributed by atoms with Crippen molar-refractivity contribution in [1.29, 1.82) is 0 Å². The number of amides is 1. The first-order valence-corrected chi connectivity index (χ1v) is 10.0. The highest BCUT2D eigenvalue weighted by Crippen LogP contribution is 2.20. The van der Waals surface area contributed by atoms with E-state index in [0.717, 1.165) is 5.56 Å². The van der Waals surface area contributed by atoms with Crippen LogP contribution in [-0.2, 0) is 17.9 Å². The van der Waals surface area contributed by atoms with Gasteiger partial charge >= 0.3 is 6.61 Å². The summed E-state index contributed by atoms with van der Waals surface area (Å²) in [5.41, 5.74) is 1.49. The average molecular weight is 434 g/mol. The van der Waals surface area contributed by atoms with Gasteiger partial charge in [-0.1, -0.05) is 30.3 Å². The number of para-hydroxylation sites is 1. The third kappa shape index (κ3) is 8.90. The smallest absolute Gasteiger partial charge is 0.387 e. The number of hydrogen-bond donors (Lipinski definition) is 3. The molecule has 0 saturated heterocycles. The largest absolute Gasteiger partial charge is 0.484 e. The van der Waals surface area contributed by atoms with E-state index < -0.39 is 6.61 Å². The second-order valence-electron chi connectivity index (χ2n) is 6.42. The zero-order valence-corrected chi connectivity index (χ0v) is 17.7. The molecule has 0 fully saturated rings. The Morgan fingerprint density at radius 1 is 1.03 bits per heavy atom. The maximum atomic E-state index is 12.6. The summed E-state index contributed by atoms with van der Waals surface area (Å²) in [6.45, 7) is 2.66. The van der Waals surface area contributed by atoms with Gasteiger partial charge in [0.1, 0.15) is 11.5 Å². The lowest BCUT2D eigenvalue weighted by Crippen LogP contribution is -2.36. The highest BCUT2D eigenvalue weighted by atomic mass is 19.3. The van der Waals surface area contributed by atoms with Crippen molar-refractivity contribution in [2.24, 2.45) is 4.99 Å². The van der Waals surface area contributed by atoms with E-state index in [0.29, 0.717) is 36.9 Å². The molecule has 0 aliphatic heterocycles. The highest BCUT2D eigenvalue weighted by Gasteiger charge is 2.09. The van der Waals surface area contributed by atoms with Gasteiger partial charge in [-0.3, -0.25) is 4.79 Å². The van der Waals surface area contributed by atoms with E-state index >= 15 is 0 Å². The van der Waals surface area contributed by atoms with Crippen LogP contribution in [0.25, 0.3) is 0 Å². The quantitative estimate of drug-likeness (QED) is 0.374. The first-order valence-electron chi connectivity index (χ1n) is 10.0. The zero-order valence-electron chi connectivity index (χ0n) is 17.7. The van der Waals surface area contributed by atoms with E-state index in [4.69, 9.17) is 4.74 Å². The lowest BCUT2D eigenvalue weighted by Gasteiger charge is -2.14. The molecule has 0 aliphatic carbocycles. The van der Waals surface area contributed by atoms with E-state index in [1.54, 1.807) is 24.3 Å². The van der Waals surface area contributed by atoms with Gasteiger partial charge in [0, 0.05) is 25.2 Å². The molecule has 2 rings (SSSR count). The van der Waals surface area contributed by atoms with Crippen molar-refractivity contribution in [1.82, 2.24) is 16.0 Å². The molecule has 0 heterocycles. The molecule has 9 heteroatoms. The molecule has 168 valence electrons. The van der Waals surface area contributed by atoms with E-state index in [9.17, 15) is 13.6 Å². The molecule has 0 spiro atoms. The Bertz CT molecular complexity index is 862. The van der Waals surface area contributed by atoms with E-state index in [-0.39, 0.29) is 24.8 Å². The molecule has 0 saturated carbocycles. The fourth-order valence-electron chi connectivity index (χ4n) is 2.68. The van der Waals surface area contributed by atoms with Crippen LogP contribution >= 0.6 is 0 Å². The number of hydrogen-bond acceptors (Lipinski definition) is 4. The SMILES string of the molecule is CCNC(=O)COc1cccc(CN=C(NCC)NCc2ccccc2OC(F)F)c1. The fourth-order valence-corrected chi connectivity index (χ4v) is 2.68. The Balaban J connectivity index is 1.99. The van der Waals surface area contributed by atoms with Gasteiger partial charge in [-0.25, -0.2) is 4.99 Å². The van der Waals surface area contributed by atoms with Crippen LogP contribution < -0.4 is 25.4 Å². The van der Waals surface area contributed by atoms with Crippen LogP contribution in [0.3, 0.4) is 0 Å². The number of rotatable bonds is 11. The Morgan fingerprint density at radius 2 is 1.81 bits per heavy atom. The second kappa shape index (κ2) is 13.0. The molecule has 0 atom stereocenters. The van der Waals surface area contributed by atoms with E-state index in [1.807, 2.05) is 32.0 Å². The van der Waals surface area contributed by atoms with Crippen LogP contribution in [0.15, 0.2) is 53.5 Å². The van der Waals surface area contributed by atoms with Crippen molar-refractivity contribution < 1.29 is 23.0 Å². The minimum Gasteiger partial charge on any atom is -0.484 e. The summed E-state index contributed by atoms with van der Waals surface area (Å²) >= 11 is 0. The first-order chi connectivity index (χ1) is 15.0. The molecule has 7 nitrogen and oxygen atoms in total. The summed E-state index contributed by atoms with van der Waals surface area (Å²) in [5, 5.41) is 8.91. The van der Waals surface area contributed by atoms with Crippen LogP contribution in [0.5, 0.6) is 11.5 Å². The van der Waals surface area contributed by atoms with E-state index in [2.05, 4.69) is 25.7 Å². The number of guanidine groups is 1. The minimum atomic E-state index is -2.88. The molecular formula is C22H28F2N4O3. The maximum Gasteiger partial charge on any atom is 0.387 e. The Kier molecular flexibility index (Phi) is 10.1. The number of alkyl halides is 2. The maximum absolute atomic E-state index is 12.6. The first kappa shape index (κ1) is 23.9.